The predicted octanol–water partition coefficient (Wildman–Crippen LogP) is 4.62. The highest BCUT2D eigenvalue weighted by Gasteiger charge is 2.35. The van der Waals surface area contributed by atoms with Crippen molar-refractivity contribution in [2.45, 2.75) is 83.8 Å². The van der Waals surface area contributed by atoms with E-state index in [1.807, 2.05) is 48.5 Å². The van der Waals surface area contributed by atoms with E-state index in [0.29, 0.717) is 0 Å². The van der Waals surface area contributed by atoms with Crippen molar-refractivity contribution in [1.82, 2.24) is 10.6 Å². The molecule has 11 heteroatoms. The molecule has 0 aromatic heterocycles. The van der Waals surface area contributed by atoms with Crippen LogP contribution < -0.4 is 10.6 Å². The standard InChI is InChI=1S/C31H40N2O9/c1-18(25(26(34)35)33-29(38)42-31(5,6)7)41-27(36)24(17-40-30(2,3)4)32-28(37)39-16-23-21-14-10-8-12-19(21)20-13-9-11-15-22(20)23/h8-15,18,23-25H,16-17H2,1-7H3,(H,32,37)(H,33,38)(H,34,35). The van der Waals surface area contributed by atoms with Crippen LogP contribution in [0.1, 0.15) is 65.5 Å². The van der Waals surface area contributed by atoms with Crippen LogP contribution >= 0.6 is 0 Å². The van der Waals surface area contributed by atoms with Crippen molar-refractivity contribution >= 4 is 24.1 Å². The summed E-state index contributed by atoms with van der Waals surface area (Å²) >= 11 is 0. The third-order valence-corrected chi connectivity index (χ3v) is 6.31. The number of amides is 2. The number of carboxylic acid groups (broad SMARTS) is 1. The number of carbonyl (C=O) groups is 4. The Hall–Kier alpha value is -4.12. The van der Waals surface area contributed by atoms with Gasteiger partial charge in [-0.15, -0.1) is 0 Å². The summed E-state index contributed by atoms with van der Waals surface area (Å²) in [5.74, 6) is -2.58. The van der Waals surface area contributed by atoms with Gasteiger partial charge in [0.15, 0.2) is 12.1 Å². The Bertz CT molecular complexity index is 1250. The van der Waals surface area contributed by atoms with Gasteiger partial charge in [-0.05, 0) is 70.7 Å². The Morgan fingerprint density at radius 3 is 1.88 bits per heavy atom. The monoisotopic (exact) mass is 584 g/mol. The molecule has 2 amide bonds. The number of benzene rings is 2. The first-order chi connectivity index (χ1) is 19.6. The molecule has 0 spiro atoms. The van der Waals surface area contributed by atoms with Crippen molar-refractivity contribution in [3.8, 4) is 11.1 Å². The minimum absolute atomic E-state index is 0.0268. The van der Waals surface area contributed by atoms with Crippen molar-refractivity contribution in [2.75, 3.05) is 13.2 Å². The molecular weight excluding hydrogens is 544 g/mol. The van der Waals surface area contributed by atoms with Crippen molar-refractivity contribution in [1.29, 1.82) is 0 Å². The lowest BCUT2D eigenvalue weighted by molar-refractivity contribution is -0.158. The highest BCUT2D eigenvalue weighted by atomic mass is 16.6. The summed E-state index contributed by atoms with van der Waals surface area (Å²) in [4.78, 5) is 50.0. The molecule has 0 aliphatic heterocycles. The van der Waals surface area contributed by atoms with E-state index >= 15 is 0 Å². The first-order valence-electron chi connectivity index (χ1n) is 13.7. The molecule has 42 heavy (non-hydrogen) atoms. The maximum Gasteiger partial charge on any atom is 0.408 e. The van der Waals surface area contributed by atoms with E-state index in [1.165, 1.54) is 6.92 Å². The average Bonchev–Trinajstić information content (AvgIpc) is 3.20. The van der Waals surface area contributed by atoms with Crippen molar-refractivity contribution in [2.24, 2.45) is 0 Å². The van der Waals surface area contributed by atoms with E-state index in [1.54, 1.807) is 41.5 Å². The molecule has 0 saturated heterocycles. The Morgan fingerprint density at radius 2 is 1.38 bits per heavy atom. The second kappa shape index (κ2) is 13.2. The van der Waals surface area contributed by atoms with Crippen LogP contribution in [0.2, 0.25) is 0 Å². The second-order valence-corrected chi connectivity index (χ2v) is 12.0. The van der Waals surface area contributed by atoms with Crippen LogP contribution in [0.25, 0.3) is 11.1 Å². The normalized spacial score (nSPS) is 14.9. The van der Waals surface area contributed by atoms with Gasteiger partial charge in [-0.2, -0.15) is 0 Å². The molecule has 3 unspecified atom stereocenters. The number of carboxylic acids is 1. The van der Waals surface area contributed by atoms with E-state index in [4.69, 9.17) is 18.9 Å². The fourth-order valence-corrected chi connectivity index (χ4v) is 4.43. The molecule has 1 aliphatic rings. The molecule has 0 fully saturated rings. The number of hydrogen-bond acceptors (Lipinski definition) is 8. The number of hydrogen-bond donors (Lipinski definition) is 3. The van der Waals surface area contributed by atoms with Gasteiger partial charge in [0, 0.05) is 5.92 Å². The number of aliphatic carboxylic acids is 1. The van der Waals surface area contributed by atoms with Crippen LogP contribution in [0, 0.1) is 0 Å². The van der Waals surface area contributed by atoms with Gasteiger partial charge in [0.2, 0.25) is 0 Å². The SMILES string of the molecule is CC(OC(=O)C(COC(C)(C)C)NC(=O)OCC1c2ccccc2-c2ccccc21)C(NC(=O)OC(C)(C)C)C(=O)O. The van der Waals surface area contributed by atoms with Gasteiger partial charge in [0.1, 0.15) is 18.3 Å². The molecule has 11 nitrogen and oxygen atoms in total. The number of fused-ring (bicyclic) bond motifs is 3. The van der Waals surface area contributed by atoms with Crippen LogP contribution in [-0.4, -0.2) is 71.8 Å². The Balaban J connectivity index is 1.68. The first kappa shape index (κ1) is 32.4. The van der Waals surface area contributed by atoms with Crippen LogP contribution in [0.5, 0.6) is 0 Å². The molecular formula is C31H40N2O9. The van der Waals surface area contributed by atoms with Crippen LogP contribution in [0.4, 0.5) is 9.59 Å². The molecule has 2 aromatic rings. The summed E-state index contributed by atoms with van der Waals surface area (Å²) in [5.41, 5.74) is 2.69. The van der Waals surface area contributed by atoms with Gasteiger partial charge in [-0.25, -0.2) is 19.2 Å². The number of alkyl carbamates (subject to hydrolysis) is 2. The Labute approximate surface area is 245 Å². The van der Waals surface area contributed by atoms with E-state index in [0.717, 1.165) is 22.3 Å². The highest BCUT2D eigenvalue weighted by molar-refractivity contribution is 5.84. The number of esters is 1. The van der Waals surface area contributed by atoms with Crippen LogP contribution in [0.15, 0.2) is 48.5 Å². The van der Waals surface area contributed by atoms with Crippen molar-refractivity contribution in [3.05, 3.63) is 59.7 Å². The van der Waals surface area contributed by atoms with Gasteiger partial charge in [-0.3, -0.25) is 0 Å². The maximum absolute atomic E-state index is 13.1. The number of rotatable bonds is 10. The van der Waals surface area contributed by atoms with Crippen LogP contribution in [0.3, 0.4) is 0 Å². The summed E-state index contributed by atoms with van der Waals surface area (Å²) < 4.78 is 21.8. The molecule has 0 saturated carbocycles. The van der Waals surface area contributed by atoms with Gasteiger partial charge < -0.3 is 34.7 Å². The lowest BCUT2D eigenvalue weighted by Gasteiger charge is -2.27. The lowest BCUT2D eigenvalue weighted by Crippen LogP contribution is -2.53. The van der Waals surface area contributed by atoms with Crippen LogP contribution in [-0.2, 0) is 28.5 Å². The Morgan fingerprint density at radius 1 is 0.833 bits per heavy atom. The summed E-state index contributed by atoms with van der Waals surface area (Å²) in [6, 6.07) is 12.9. The van der Waals surface area contributed by atoms with E-state index < -0.39 is 53.5 Å². The van der Waals surface area contributed by atoms with E-state index in [9.17, 15) is 24.3 Å². The molecule has 3 atom stereocenters. The lowest BCUT2D eigenvalue weighted by atomic mass is 9.98. The first-order valence-corrected chi connectivity index (χ1v) is 13.7. The maximum atomic E-state index is 13.1. The fourth-order valence-electron chi connectivity index (χ4n) is 4.43. The smallest absolute Gasteiger partial charge is 0.408 e. The van der Waals surface area contributed by atoms with Gasteiger partial charge >= 0.3 is 24.1 Å². The molecule has 1 aliphatic carbocycles. The zero-order valence-corrected chi connectivity index (χ0v) is 25.1. The number of nitrogens with one attached hydrogen (secondary N) is 2. The highest BCUT2D eigenvalue weighted by Crippen LogP contribution is 2.44. The molecule has 2 aromatic carbocycles. The molecule has 3 rings (SSSR count). The minimum atomic E-state index is -1.61. The van der Waals surface area contributed by atoms with Gasteiger partial charge in [0.05, 0.1) is 12.2 Å². The zero-order valence-electron chi connectivity index (χ0n) is 25.1. The topological polar surface area (TPSA) is 149 Å². The second-order valence-electron chi connectivity index (χ2n) is 12.0. The minimum Gasteiger partial charge on any atom is -0.480 e. The molecule has 0 heterocycles. The summed E-state index contributed by atoms with van der Waals surface area (Å²) in [6.45, 7) is 11.3. The third kappa shape index (κ3) is 8.94. The zero-order chi connectivity index (χ0) is 31.2. The molecule has 228 valence electrons. The summed E-state index contributed by atoms with van der Waals surface area (Å²) in [7, 11) is 0. The van der Waals surface area contributed by atoms with Crippen molar-refractivity contribution in [3.63, 3.8) is 0 Å². The molecule has 0 bridgehead atoms. The molecule has 0 radical (unpaired) electrons. The summed E-state index contributed by atoms with van der Waals surface area (Å²) in [6.07, 6.45) is -3.17. The van der Waals surface area contributed by atoms with E-state index in [2.05, 4.69) is 10.6 Å². The Kier molecular flexibility index (Phi) is 10.2. The number of ether oxygens (including phenoxy) is 4. The predicted molar refractivity (Wildman–Crippen MR) is 154 cm³/mol. The largest absolute Gasteiger partial charge is 0.480 e. The van der Waals surface area contributed by atoms with Gasteiger partial charge in [-0.1, -0.05) is 48.5 Å². The fraction of sp³-hybridized carbons (Fsp3) is 0.484. The quantitative estimate of drug-likeness (QED) is 0.269. The average molecular weight is 585 g/mol. The van der Waals surface area contributed by atoms with Gasteiger partial charge in [0.25, 0.3) is 0 Å². The van der Waals surface area contributed by atoms with E-state index in [-0.39, 0.29) is 19.1 Å². The number of carbonyl (C=O) groups excluding carboxylic acids is 3. The molecule has 3 N–H and O–H groups in total. The third-order valence-electron chi connectivity index (χ3n) is 6.31. The summed E-state index contributed by atoms with van der Waals surface area (Å²) in [5, 5.41) is 14.3. The van der Waals surface area contributed by atoms with Crippen molar-refractivity contribution < 1.29 is 43.2 Å².